The number of hydrogen-bond donors (Lipinski definition) is 1. The van der Waals surface area contributed by atoms with Gasteiger partial charge in [-0.2, -0.15) is 4.98 Å². The fraction of sp³-hybridized carbons (Fsp3) is 0.320. The minimum Gasteiger partial charge on any atom is -0.378 e. The molecule has 3 aromatic rings. The first kappa shape index (κ1) is 21.7. The lowest BCUT2D eigenvalue weighted by molar-refractivity contribution is 0.0726. The zero-order chi connectivity index (χ0) is 22.9. The highest BCUT2D eigenvalue weighted by Crippen LogP contribution is 2.33. The molecule has 2 aliphatic rings. The monoisotopic (exact) mass is 463 g/mol. The van der Waals surface area contributed by atoms with Crippen molar-refractivity contribution >= 4 is 35.0 Å². The second-order valence-electron chi connectivity index (χ2n) is 8.53. The first-order valence-electron chi connectivity index (χ1n) is 11.2. The van der Waals surface area contributed by atoms with Gasteiger partial charge in [0.1, 0.15) is 11.5 Å². The molecule has 0 aliphatic carbocycles. The second kappa shape index (κ2) is 9.00. The third-order valence-electron chi connectivity index (χ3n) is 6.03. The van der Waals surface area contributed by atoms with Crippen LogP contribution in [0.1, 0.15) is 29.9 Å². The molecule has 8 heteroatoms. The zero-order valence-corrected chi connectivity index (χ0v) is 19.5. The summed E-state index contributed by atoms with van der Waals surface area (Å²) >= 11 is 6.01. The van der Waals surface area contributed by atoms with Crippen LogP contribution < -0.4 is 10.2 Å². The summed E-state index contributed by atoms with van der Waals surface area (Å²) in [7, 11) is 0. The third kappa shape index (κ3) is 4.38. The first-order chi connectivity index (χ1) is 16.0. The summed E-state index contributed by atoms with van der Waals surface area (Å²) in [4.78, 5) is 26.5. The maximum Gasteiger partial charge on any atom is 0.273 e. The van der Waals surface area contributed by atoms with Gasteiger partial charge in [0.25, 0.3) is 5.91 Å². The summed E-state index contributed by atoms with van der Waals surface area (Å²) in [6.45, 7) is 7.20. The average molecular weight is 464 g/mol. The number of nitrogens with one attached hydrogen (secondary N) is 1. The van der Waals surface area contributed by atoms with Gasteiger partial charge in [0.15, 0.2) is 0 Å². The lowest BCUT2D eigenvalue weighted by Crippen LogP contribution is -2.37. The van der Waals surface area contributed by atoms with Crippen LogP contribution in [-0.4, -0.2) is 53.1 Å². The molecule has 2 aliphatic heterocycles. The van der Waals surface area contributed by atoms with E-state index in [1.807, 2.05) is 55.1 Å². The van der Waals surface area contributed by atoms with Gasteiger partial charge in [0.2, 0.25) is 5.95 Å². The van der Waals surface area contributed by atoms with Crippen LogP contribution in [0.15, 0.2) is 48.5 Å². The molecule has 1 aromatic heterocycles. The normalized spacial score (nSPS) is 15.8. The number of morpholine rings is 1. The average Bonchev–Trinajstić information content (AvgIpc) is 3.18. The zero-order valence-electron chi connectivity index (χ0n) is 18.7. The molecule has 0 spiro atoms. The Morgan fingerprint density at radius 2 is 1.61 bits per heavy atom. The Morgan fingerprint density at radius 3 is 2.24 bits per heavy atom. The summed E-state index contributed by atoms with van der Waals surface area (Å²) < 4.78 is 5.47. The van der Waals surface area contributed by atoms with E-state index in [1.165, 1.54) is 0 Å². The molecule has 0 atom stereocenters. The van der Waals surface area contributed by atoms with Gasteiger partial charge in [-0.25, -0.2) is 4.98 Å². The lowest BCUT2D eigenvalue weighted by atomic mass is 10.1. The van der Waals surface area contributed by atoms with E-state index in [9.17, 15) is 4.79 Å². The van der Waals surface area contributed by atoms with E-state index in [1.54, 1.807) is 0 Å². The van der Waals surface area contributed by atoms with Crippen LogP contribution in [0, 0.1) is 0 Å². The smallest absolute Gasteiger partial charge is 0.273 e. The van der Waals surface area contributed by atoms with Crippen LogP contribution in [0.2, 0.25) is 5.02 Å². The van der Waals surface area contributed by atoms with Gasteiger partial charge >= 0.3 is 0 Å². The van der Waals surface area contributed by atoms with E-state index in [2.05, 4.69) is 27.3 Å². The Morgan fingerprint density at radius 1 is 0.970 bits per heavy atom. The van der Waals surface area contributed by atoms with E-state index >= 15 is 0 Å². The summed E-state index contributed by atoms with van der Waals surface area (Å²) in [5.74, 6) is 1.20. The number of benzene rings is 2. The largest absolute Gasteiger partial charge is 0.378 e. The maximum atomic E-state index is 13.1. The number of nitrogens with zero attached hydrogens (tertiary/aromatic N) is 4. The molecule has 0 unspecified atom stereocenters. The molecule has 0 bridgehead atoms. The molecule has 1 amide bonds. The van der Waals surface area contributed by atoms with Crippen LogP contribution in [0.4, 0.5) is 17.5 Å². The molecule has 0 saturated carbocycles. The molecule has 170 valence electrons. The highest BCUT2D eigenvalue weighted by molar-refractivity contribution is 6.30. The Labute approximate surface area is 198 Å². The maximum absolute atomic E-state index is 13.1. The van der Waals surface area contributed by atoms with Crippen molar-refractivity contribution < 1.29 is 9.53 Å². The Hall–Kier alpha value is -3.16. The predicted molar refractivity (Wildman–Crippen MR) is 130 cm³/mol. The number of carbonyl (C=O) groups excluding carboxylic acids is 1. The highest BCUT2D eigenvalue weighted by Gasteiger charge is 2.35. The van der Waals surface area contributed by atoms with E-state index in [-0.39, 0.29) is 11.9 Å². The molecule has 1 saturated heterocycles. The number of carbonyl (C=O) groups is 1. The number of anilines is 3. The Kier molecular flexibility index (Phi) is 5.91. The molecule has 1 fully saturated rings. The minimum atomic E-state index is -0.0435. The van der Waals surface area contributed by atoms with Crippen LogP contribution in [-0.2, 0) is 11.3 Å². The van der Waals surface area contributed by atoms with Crippen molar-refractivity contribution in [3.05, 3.63) is 64.8 Å². The summed E-state index contributed by atoms with van der Waals surface area (Å²) in [5, 5.41) is 4.16. The van der Waals surface area contributed by atoms with Crippen LogP contribution >= 0.6 is 11.6 Å². The number of hydrogen-bond acceptors (Lipinski definition) is 6. The van der Waals surface area contributed by atoms with Gasteiger partial charge in [-0.1, -0.05) is 35.9 Å². The fourth-order valence-electron chi connectivity index (χ4n) is 4.13. The van der Waals surface area contributed by atoms with Gasteiger partial charge in [-0.3, -0.25) is 4.79 Å². The number of rotatable bonds is 5. The van der Waals surface area contributed by atoms with Crippen molar-refractivity contribution in [2.45, 2.75) is 26.4 Å². The van der Waals surface area contributed by atoms with Crippen LogP contribution in [0.25, 0.3) is 11.1 Å². The molecule has 7 nitrogen and oxygen atoms in total. The molecule has 0 radical (unpaired) electrons. The summed E-state index contributed by atoms with van der Waals surface area (Å²) in [6.07, 6.45) is 0. The lowest BCUT2D eigenvalue weighted by Gasteiger charge is -2.27. The highest BCUT2D eigenvalue weighted by atomic mass is 35.5. The first-order valence-corrected chi connectivity index (χ1v) is 11.5. The third-order valence-corrected chi connectivity index (χ3v) is 6.28. The van der Waals surface area contributed by atoms with E-state index in [0.717, 1.165) is 27.4 Å². The van der Waals surface area contributed by atoms with Crippen LogP contribution in [0.5, 0.6) is 0 Å². The number of amides is 1. The number of fused-ring (bicyclic) bond motifs is 1. The molecule has 1 N–H and O–H groups in total. The fourth-order valence-corrected chi connectivity index (χ4v) is 4.25. The predicted octanol–water partition coefficient (Wildman–Crippen LogP) is 4.74. The molecular weight excluding hydrogens is 438 g/mol. The van der Waals surface area contributed by atoms with Gasteiger partial charge in [-0.15, -0.1) is 0 Å². The van der Waals surface area contributed by atoms with Crippen LogP contribution in [0.3, 0.4) is 0 Å². The molecule has 33 heavy (non-hydrogen) atoms. The van der Waals surface area contributed by atoms with Crippen molar-refractivity contribution in [3.8, 4) is 11.1 Å². The van der Waals surface area contributed by atoms with Crippen molar-refractivity contribution in [2.75, 3.05) is 36.5 Å². The van der Waals surface area contributed by atoms with Gasteiger partial charge < -0.3 is 19.9 Å². The standard InChI is InChI=1S/C25H26ClN5O2/c1-16(2)31-15-21-22(24(31)32)28-25(30-11-13-33-14-12-30)29-23(21)27-20-9-5-18(6-10-20)17-3-7-19(26)8-4-17/h3-10,16H,11-15H2,1-2H3,(H,27,28,29). The molecule has 3 heterocycles. The van der Waals surface area contributed by atoms with Gasteiger partial charge in [0.05, 0.1) is 19.8 Å². The molecule has 5 rings (SSSR count). The second-order valence-corrected chi connectivity index (χ2v) is 8.97. The summed E-state index contributed by atoms with van der Waals surface area (Å²) in [6, 6.07) is 16.0. The van der Waals surface area contributed by atoms with E-state index in [0.29, 0.717) is 50.3 Å². The van der Waals surface area contributed by atoms with Gasteiger partial charge in [0, 0.05) is 35.4 Å². The van der Waals surface area contributed by atoms with E-state index in [4.69, 9.17) is 21.3 Å². The Balaban J connectivity index is 1.47. The SMILES string of the molecule is CC(C)N1Cc2c(Nc3ccc(-c4ccc(Cl)cc4)cc3)nc(N3CCOCC3)nc2C1=O. The van der Waals surface area contributed by atoms with E-state index < -0.39 is 0 Å². The minimum absolute atomic E-state index is 0.0435. The van der Waals surface area contributed by atoms with Crippen molar-refractivity contribution in [3.63, 3.8) is 0 Å². The van der Waals surface area contributed by atoms with Crippen molar-refractivity contribution in [1.82, 2.24) is 14.9 Å². The molecular formula is C25H26ClN5O2. The van der Waals surface area contributed by atoms with Gasteiger partial charge in [-0.05, 0) is 49.2 Å². The number of ether oxygens (including phenoxy) is 1. The summed E-state index contributed by atoms with van der Waals surface area (Å²) in [5.41, 5.74) is 4.42. The van der Waals surface area contributed by atoms with Crippen molar-refractivity contribution in [2.24, 2.45) is 0 Å². The van der Waals surface area contributed by atoms with Crippen molar-refractivity contribution in [1.29, 1.82) is 0 Å². The number of aromatic nitrogens is 2. The quantitative estimate of drug-likeness (QED) is 0.589. The number of halogens is 1. The molecule has 2 aromatic carbocycles. The Bertz CT molecular complexity index is 1160. The topological polar surface area (TPSA) is 70.6 Å².